The number of amides is 1. The van der Waals surface area contributed by atoms with Gasteiger partial charge in [0.05, 0.1) is 18.4 Å². The van der Waals surface area contributed by atoms with Crippen molar-refractivity contribution in [1.29, 1.82) is 0 Å². The third-order valence-corrected chi connectivity index (χ3v) is 4.63. The lowest BCUT2D eigenvalue weighted by Gasteiger charge is -2.42. The summed E-state index contributed by atoms with van der Waals surface area (Å²) in [6, 6.07) is 5.05. The fourth-order valence-corrected chi connectivity index (χ4v) is 3.35. The van der Waals surface area contributed by atoms with Crippen molar-refractivity contribution in [1.82, 2.24) is 4.90 Å². The van der Waals surface area contributed by atoms with Crippen molar-refractivity contribution in [2.45, 2.75) is 19.3 Å². The number of halogens is 2. The minimum Gasteiger partial charge on any atom is -0.472 e. The smallest absolute Gasteiger partial charge is 0.257 e. The van der Waals surface area contributed by atoms with E-state index in [1.807, 2.05) is 0 Å². The average Bonchev–Trinajstić information content (AvgIpc) is 3.11. The summed E-state index contributed by atoms with van der Waals surface area (Å²) in [5.74, 6) is -1.42. The molecule has 0 spiro atoms. The molecule has 2 heterocycles. The Morgan fingerprint density at radius 2 is 2.17 bits per heavy atom. The van der Waals surface area contributed by atoms with E-state index in [9.17, 15) is 18.7 Å². The Bertz CT molecular complexity index is 717. The van der Waals surface area contributed by atoms with Crippen LogP contribution in [0.3, 0.4) is 0 Å². The Labute approximate surface area is 138 Å². The van der Waals surface area contributed by atoms with Crippen LogP contribution in [-0.2, 0) is 6.42 Å². The molecule has 128 valence electrons. The molecule has 1 saturated heterocycles. The Morgan fingerprint density at radius 1 is 1.33 bits per heavy atom. The topological polar surface area (TPSA) is 53.7 Å². The molecule has 0 bridgehead atoms. The Balaban J connectivity index is 1.80. The maximum absolute atomic E-state index is 14.0. The van der Waals surface area contributed by atoms with Gasteiger partial charge in [0.25, 0.3) is 5.91 Å². The molecule has 1 aliphatic heterocycles. The maximum atomic E-state index is 14.0. The van der Waals surface area contributed by atoms with Crippen LogP contribution in [0.2, 0.25) is 0 Å². The third-order valence-electron chi connectivity index (χ3n) is 4.63. The first-order valence-electron chi connectivity index (χ1n) is 7.89. The number of rotatable bonds is 4. The lowest BCUT2D eigenvalue weighted by Crippen LogP contribution is -2.49. The van der Waals surface area contributed by atoms with Gasteiger partial charge in [-0.05, 0) is 37.0 Å². The van der Waals surface area contributed by atoms with Crippen molar-refractivity contribution in [3.05, 3.63) is 59.6 Å². The maximum Gasteiger partial charge on any atom is 0.257 e. The second-order valence-corrected chi connectivity index (χ2v) is 6.41. The predicted octanol–water partition coefficient (Wildman–Crippen LogP) is 3.02. The number of aliphatic hydroxyl groups is 1. The van der Waals surface area contributed by atoms with E-state index in [0.29, 0.717) is 37.1 Å². The molecule has 0 aliphatic carbocycles. The number of aliphatic hydroxyl groups excluding tert-OH is 1. The standard InChI is InChI=1S/C18H19F2NO3/c19-15-3-2-13(16(20)8-15)9-18(12-22)5-1-6-21(11-18)17(23)14-4-7-24-10-14/h2-4,7-8,10,22H,1,5-6,9,11-12H2. The summed E-state index contributed by atoms with van der Waals surface area (Å²) in [4.78, 5) is 14.1. The predicted molar refractivity (Wildman–Crippen MR) is 83.4 cm³/mol. The van der Waals surface area contributed by atoms with Crippen molar-refractivity contribution in [2.75, 3.05) is 19.7 Å². The van der Waals surface area contributed by atoms with Crippen LogP contribution < -0.4 is 0 Å². The van der Waals surface area contributed by atoms with E-state index in [0.717, 1.165) is 6.07 Å². The Morgan fingerprint density at radius 3 is 2.83 bits per heavy atom. The van der Waals surface area contributed by atoms with Gasteiger partial charge in [0.1, 0.15) is 17.9 Å². The second kappa shape index (κ2) is 6.73. The highest BCUT2D eigenvalue weighted by atomic mass is 19.1. The number of hydrogen-bond donors (Lipinski definition) is 1. The highest BCUT2D eigenvalue weighted by Gasteiger charge is 2.37. The normalized spacial score (nSPS) is 21.0. The molecule has 1 amide bonds. The van der Waals surface area contributed by atoms with Crippen LogP contribution in [0.5, 0.6) is 0 Å². The molecule has 1 fully saturated rings. The number of carbonyl (C=O) groups is 1. The van der Waals surface area contributed by atoms with Gasteiger partial charge in [-0.1, -0.05) is 6.07 Å². The Hall–Kier alpha value is -2.21. The van der Waals surface area contributed by atoms with E-state index in [2.05, 4.69) is 0 Å². The Kier molecular flexibility index (Phi) is 4.66. The number of furan rings is 1. The van der Waals surface area contributed by atoms with Crippen LogP contribution in [0, 0.1) is 17.0 Å². The average molecular weight is 335 g/mol. The zero-order valence-electron chi connectivity index (χ0n) is 13.2. The molecule has 1 aliphatic rings. The first-order chi connectivity index (χ1) is 11.5. The molecular weight excluding hydrogens is 316 g/mol. The quantitative estimate of drug-likeness (QED) is 0.934. The van der Waals surface area contributed by atoms with Crippen LogP contribution in [0.25, 0.3) is 0 Å². The van der Waals surface area contributed by atoms with Crippen molar-refractivity contribution in [3.8, 4) is 0 Å². The van der Waals surface area contributed by atoms with Gasteiger partial charge in [-0.2, -0.15) is 0 Å². The monoisotopic (exact) mass is 335 g/mol. The highest BCUT2D eigenvalue weighted by Crippen LogP contribution is 2.34. The summed E-state index contributed by atoms with van der Waals surface area (Å²) in [7, 11) is 0. The molecule has 0 saturated carbocycles. The zero-order chi connectivity index (χ0) is 17.2. The van der Waals surface area contributed by atoms with E-state index >= 15 is 0 Å². The number of piperidine rings is 1. The molecule has 1 N–H and O–H groups in total. The number of likely N-dealkylation sites (tertiary alicyclic amines) is 1. The van der Waals surface area contributed by atoms with Crippen LogP contribution >= 0.6 is 0 Å². The van der Waals surface area contributed by atoms with Crippen molar-refractivity contribution >= 4 is 5.91 Å². The summed E-state index contributed by atoms with van der Waals surface area (Å²) in [5.41, 5.74) is 0.177. The molecule has 24 heavy (non-hydrogen) atoms. The van der Waals surface area contributed by atoms with Gasteiger partial charge in [0.15, 0.2) is 0 Å². The molecule has 1 atom stereocenters. The minimum atomic E-state index is -0.630. The minimum absolute atomic E-state index is 0.166. The number of carbonyl (C=O) groups excluding carboxylic acids is 1. The molecule has 1 aromatic carbocycles. The highest BCUT2D eigenvalue weighted by molar-refractivity contribution is 5.93. The van der Waals surface area contributed by atoms with Crippen LogP contribution in [0.4, 0.5) is 8.78 Å². The van der Waals surface area contributed by atoms with E-state index in [-0.39, 0.29) is 18.9 Å². The summed E-state index contributed by atoms with van der Waals surface area (Å²) < 4.78 is 32.0. The number of nitrogens with zero attached hydrogens (tertiary/aromatic N) is 1. The SMILES string of the molecule is O=C(c1ccoc1)N1CCCC(CO)(Cc2ccc(F)cc2F)C1. The molecule has 4 nitrogen and oxygen atoms in total. The number of benzene rings is 1. The first kappa shape index (κ1) is 16.6. The van der Waals surface area contributed by atoms with Gasteiger partial charge in [-0.25, -0.2) is 8.78 Å². The molecule has 0 radical (unpaired) electrons. The van der Waals surface area contributed by atoms with Gasteiger partial charge in [0, 0.05) is 24.6 Å². The first-order valence-corrected chi connectivity index (χ1v) is 7.89. The summed E-state index contributed by atoms with van der Waals surface area (Å²) >= 11 is 0. The zero-order valence-corrected chi connectivity index (χ0v) is 13.2. The summed E-state index contributed by atoms with van der Waals surface area (Å²) in [6.07, 6.45) is 4.47. The van der Waals surface area contributed by atoms with Crippen molar-refractivity contribution in [3.63, 3.8) is 0 Å². The van der Waals surface area contributed by atoms with Gasteiger partial charge in [0.2, 0.25) is 0 Å². The molecule has 6 heteroatoms. The largest absolute Gasteiger partial charge is 0.472 e. The summed E-state index contributed by atoms with van der Waals surface area (Å²) in [5, 5.41) is 9.93. The van der Waals surface area contributed by atoms with Crippen molar-refractivity contribution in [2.24, 2.45) is 5.41 Å². The summed E-state index contributed by atoms with van der Waals surface area (Å²) in [6.45, 7) is 0.737. The van der Waals surface area contributed by atoms with Gasteiger partial charge >= 0.3 is 0 Å². The van der Waals surface area contributed by atoms with Gasteiger partial charge in [-0.15, -0.1) is 0 Å². The van der Waals surface area contributed by atoms with E-state index < -0.39 is 17.0 Å². The lowest BCUT2D eigenvalue weighted by molar-refractivity contribution is 0.0267. The molecular formula is C18H19F2NO3. The van der Waals surface area contributed by atoms with E-state index in [1.54, 1.807) is 11.0 Å². The molecule has 2 aromatic rings. The van der Waals surface area contributed by atoms with Crippen LogP contribution in [0.15, 0.2) is 41.2 Å². The lowest BCUT2D eigenvalue weighted by atomic mass is 9.75. The van der Waals surface area contributed by atoms with E-state index in [4.69, 9.17) is 4.42 Å². The van der Waals surface area contributed by atoms with Gasteiger partial charge in [-0.3, -0.25) is 4.79 Å². The van der Waals surface area contributed by atoms with Gasteiger partial charge < -0.3 is 14.4 Å². The fraction of sp³-hybridized carbons (Fsp3) is 0.389. The van der Waals surface area contributed by atoms with Crippen LogP contribution in [-0.4, -0.2) is 35.6 Å². The van der Waals surface area contributed by atoms with Crippen LogP contribution in [0.1, 0.15) is 28.8 Å². The molecule has 1 aromatic heterocycles. The van der Waals surface area contributed by atoms with Crippen molar-refractivity contribution < 1.29 is 23.1 Å². The second-order valence-electron chi connectivity index (χ2n) is 6.41. The third kappa shape index (κ3) is 3.33. The number of hydrogen-bond acceptors (Lipinski definition) is 3. The molecule has 1 unspecified atom stereocenters. The fourth-order valence-electron chi connectivity index (χ4n) is 3.35. The molecule has 3 rings (SSSR count). The van der Waals surface area contributed by atoms with E-state index in [1.165, 1.54) is 24.7 Å².